The predicted molar refractivity (Wildman–Crippen MR) is 123 cm³/mol. The molecule has 2 amide bonds. The van der Waals surface area contributed by atoms with Crippen LogP contribution in [0, 0.1) is 29.6 Å². The van der Waals surface area contributed by atoms with Gasteiger partial charge in [-0.3, -0.25) is 19.3 Å². The first-order chi connectivity index (χ1) is 16.9. The Balaban J connectivity index is 1.30. The van der Waals surface area contributed by atoms with Crippen molar-refractivity contribution in [2.24, 2.45) is 34.7 Å². The van der Waals surface area contributed by atoms with Crippen LogP contribution in [-0.2, 0) is 19.2 Å². The van der Waals surface area contributed by atoms with Crippen LogP contribution in [0.5, 0.6) is 17.2 Å². The van der Waals surface area contributed by atoms with Crippen LogP contribution in [0.2, 0.25) is 0 Å². The summed E-state index contributed by atoms with van der Waals surface area (Å²) in [5.41, 5.74) is 2.03. The molecule has 0 spiro atoms. The zero-order valence-electron chi connectivity index (χ0n) is 19.5. The van der Waals surface area contributed by atoms with Crippen molar-refractivity contribution in [3.05, 3.63) is 48.0 Å². The number of nitrogens with zero attached hydrogens (tertiary/aromatic N) is 2. The maximum Gasteiger partial charge on any atom is 0.308 e. The summed E-state index contributed by atoms with van der Waals surface area (Å²) < 4.78 is 16.0. The molecule has 2 aromatic carbocycles. The highest BCUT2D eigenvalue weighted by molar-refractivity contribution is 6.23. The minimum atomic E-state index is -0.435. The number of amides is 2. The Kier molecular flexibility index (Phi) is 4.84. The first-order valence-corrected chi connectivity index (χ1v) is 11.5. The van der Waals surface area contributed by atoms with Crippen LogP contribution >= 0.6 is 0 Å². The van der Waals surface area contributed by atoms with E-state index in [1.54, 1.807) is 44.6 Å². The molecule has 2 heterocycles. The lowest BCUT2D eigenvalue weighted by Gasteiger charge is -2.30. The van der Waals surface area contributed by atoms with Crippen molar-refractivity contribution in [2.45, 2.75) is 19.4 Å². The van der Waals surface area contributed by atoms with Gasteiger partial charge in [-0.1, -0.05) is 5.16 Å². The number of anilines is 1. The quantitative estimate of drug-likeness (QED) is 0.371. The van der Waals surface area contributed by atoms with Crippen molar-refractivity contribution in [3.8, 4) is 17.2 Å². The van der Waals surface area contributed by atoms with Gasteiger partial charge in [0.25, 0.3) is 0 Å². The van der Waals surface area contributed by atoms with E-state index in [1.807, 2.05) is 12.1 Å². The van der Waals surface area contributed by atoms with Gasteiger partial charge < -0.3 is 19.0 Å². The van der Waals surface area contributed by atoms with Gasteiger partial charge in [0.1, 0.15) is 23.4 Å². The van der Waals surface area contributed by atoms with Gasteiger partial charge in [-0.15, -0.1) is 0 Å². The van der Waals surface area contributed by atoms with Crippen molar-refractivity contribution >= 4 is 29.2 Å². The van der Waals surface area contributed by atoms with E-state index in [-0.39, 0.29) is 35.7 Å². The van der Waals surface area contributed by atoms with Crippen LogP contribution in [0.3, 0.4) is 0 Å². The Bertz CT molecular complexity index is 1270. The molecule has 9 nitrogen and oxygen atoms in total. The van der Waals surface area contributed by atoms with Gasteiger partial charge in [0.15, 0.2) is 0 Å². The van der Waals surface area contributed by atoms with E-state index in [1.165, 1.54) is 11.8 Å². The summed E-state index contributed by atoms with van der Waals surface area (Å²) in [5, 5.41) is 4.40. The number of ether oxygens (including phenoxy) is 3. The zero-order chi connectivity index (χ0) is 24.4. The summed E-state index contributed by atoms with van der Waals surface area (Å²) in [7, 11) is 3.18. The summed E-state index contributed by atoms with van der Waals surface area (Å²) in [6, 6.07) is 12.0. The molecule has 4 aliphatic rings. The number of hydrogen-bond acceptors (Lipinski definition) is 8. The topological polar surface area (TPSA) is 104 Å². The predicted octanol–water partition coefficient (Wildman–Crippen LogP) is 2.80. The number of methoxy groups -OCH3 is 2. The van der Waals surface area contributed by atoms with Crippen LogP contribution in [0.4, 0.5) is 5.69 Å². The minimum Gasteiger partial charge on any atom is -0.497 e. The number of imide groups is 1. The van der Waals surface area contributed by atoms with E-state index in [2.05, 4.69) is 5.16 Å². The van der Waals surface area contributed by atoms with Gasteiger partial charge in [0.2, 0.25) is 11.8 Å². The Hall–Kier alpha value is -3.88. The normalized spacial score (nSPS) is 30.0. The first-order valence-electron chi connectivity index (χ1n) is 11.5. The number of esters is 1. The molecular formula is C26H24N2O7. The molecule has 0 N–H and O–H groups in total. The lowest BCUT2D eigenvalue weighted by Crippen LogP contribution is -2.41. The van der Waals surface area contributed by atoms with Crippen molar-refractivity contribution in [1.82, 2.24) is 0 Å². The SMILES string of the molecule is COc1ccc(C2=NO[C@@H]3[C@H]4C[C@@H]([C@@H]23)[C@@H]2C(=O)N(c3ccc(OC(C)=O)cc3)C(=O)[C@@H]42)c(OC)c1. The van der Waals surface area contributed by atoms with Gasteiger partial charge in [-0.2, -0.15) is 0 Å². The Labute approximate surface area is 201 Å². The van der Waals surface area contributed by atoms with Gasteiger partial charge >= 0.3 is 5.97 Å². The molecule has 2 saturated carbocycles. The number of carbonyl (C=O) groups excluding carboxylic acids is 3. The summed E-state index contributed by atoms with van der Waals surface area (Å²) >= 11 is 0. The average molecular weight is 476 g/mol. The second kappa shape index (κ2) is 7.83. The number of benzene rings is 2. The number of carbonyl (C=O) groups is 3. The van der Waals surface area contributed by atoms with Gasteiger partial charge in [0, 0.05) is 30.4 Å². The van der Waals surface area contributed by atoms with Crippen LogP contribution in [0.25, 0.3) is 0 Å². The molecule has 3 fully saturated rings. The molecule has 2 bridgehead atoms. The van der Waals surface area contributed by atoms with Gasteiger partial charge in [-0.05, 0) is 48.7 Å². The summed E-state index contributed by atoms with van der Waals surface area (Å²) in [6.45, 7) is 1.32. The summed E-state index contributed by atoms with van der Waals surface area (Å²) in [4.78, 5) is 45.4. The lowest BCUT2D eigenvalue weighted by atomic mass is 9.71. The Morgan fingerprint density at radius 1 is 0.943 bits per heavy atom. The first kappa shape index (κ1) is 21.6. The number of hydrogen-bond donors (Lipinski definition) is 0. The fourth-order valence-corrected chi connectivity index (χ4v) is 6.44. The molecule has 1 saturated heterocycles. The van der Waals surface area contributed by atoms with E-state index >= 15 is 0 Å². The van der Waals surface area contributed by atoms with Crippen LogP contribution in [0.1, 0.15) is 18.9 Å². The maximum absolute atomic E-state index is 13.6. The molecule has 2 aromatic rings. The van der Waals surface area contributed by atoms with Crippen LogP contribution < -0.4 is 19.1 Å². The fourth-order valence-electron chi connectivity index (χ4n) is 6.44. The molecular weight excluding hydrogens is 452 g/mol. The molecule has 6 atom stereocenters. The maximum atomic E-state index is 13.6. The van der Waals surface area contributed by atoms with Crippen molar-refractivity contribution < 1.29 is 33.4 Å². The van der Waals surface area contributed by atoms with E-state index in [4.69, 9.17) is 19.0 Å². The second-order valence-electron chi connectivity index (χ2n) is 9.35. The average Bonchev–Trinajstić information content (AvgIpc) is 3.59. The van der Waals surface area contributed by atoms with E-state index < -0.39 is 17.8 Å². The standard InChI is InChI=1S/C26H24N2O7/c1-12(29)34-14-6-4-13(5-7-14)28-25(30)20-17-11-18(21(20)26(28)31)24-22(17)23(27-35-24)16-9-8-15(32-2)10-19(16)33-3/h4-10,17-18,20-22,24H,11H2,1-3H3/t17-,18+,20+,21+,22+,24-/m1/s1. The molecule has 35 heavy (non-hydrogen) atoms. The summed E-state index contributed by atoms with van der Waals surface area (Å²) in [6.07, 6.45) is 0.505. The van der Waals surface area contributed by atoms with E-state index in [0.29, 0.717) is 22.9 Å². The summed E-state index contributed by atoms with van der Waals surface area (Å²) in [5.74, 6) is -0.251. The van der Waals surface area contributed by atoms with E-state index in [0.717, 1.165) is 17.7 Å². The van der Waals surface area contributed by atoms with Crippen LogP contribution in [-0.4, -0.2) is 43.8 Å². The fraction of sp³-hybridized carbons (Fsp3) is 0.385. The van der Waals surface area contributed by atoms with E-state index in [9.17, 15) is 14.4 Å². The number of fused-ring (bicyclic) bond motifs is 8. The highest BCUT2D eigenvalue weighted by Crippen LogP contribution is 2.62. The zero-order valence-corrected chi connectivity index (χ0v) is 19.5. The molecule has 0 aromatic heterocycles. The van der Waals surface area contributed by atoms with Crippen molar-refractivity contribution in [1.29, 1.82) is 0 Å². The molecule has 0 unspecified atom stereocenters. The van der Waals surface area contributed by atoms with Crippen molar-refractivity contribution in [3.63, 3.8) is 0 Å². The molecule has 9 heteroatoms. The Morgan fingerprint density at radius 2 is 1.63 bits per heavy atom. The molecule has 180 valence electrons. The third-order valence-electron chi connectivity index (χ3n) is 7.73. The Morgan fingerprint density at radius 3 is 2.29 bits per heavy atom. The highest BCUT2D eigenvalue weighted by atomic mass is 16.6. The molecule has 0 radical (unpaired) electrons. The van der Waals surface area contributed by atoms with Gasteiger partial charge in [-0.25, -0.2) is 0 Å². The highest BCUT2D eigenvalue weighted by Gasteiger charge is 2.70. The monoisotopic (exact) mass is 476 g/mol. The van der Waals surface area contributed by atoms with Crippen molar-refractivity contribution in [2.75, 3.05) is 19.1 Å². The number of rotatable bonds is 5. The molecule has 6 rings (SSSR count). The number of oxime groups is 1. The van der Waals surface area contributed by atoms with Crippen LogP contribution in [0.15, 0.2) is 47.6 Å². The minimum absolute atomic E-state index is 0.0511. The molecule has 2 aliphatic heterocycles. The lowest BCUT2D eigenvalue weighted by molar-refractivity contribution is -0.132. The largest absolute Gasteiger partial charge is 0.497 e. The third kappa shape index (κ3) is 3.07. The molecule has 2 aliphatic carbocycles. The van der Waals surface area contributed by atoms with Gasteiger partial charge in [0.05, 0.1) is 37.5 Å². The third-order valence-corrected chi connectivity index (χ3v) is 7.73. The second-order valence-corrected chi connectivity index (χ2v) is 9.35. The smallest absolute Gasteiger partial charge is 0.308 e.